The second-order valence-electron chi connectivity index (χ2n) is 25.8. The minimum atomic E-state index is -0.577. The van der Waals surface area contributed by atoms with Crippen LogP contribution in [0.3, 0.4) is 0 Å². The smallest absolute Gasteiger partial charge is 0.309 e. The summed E-state index contributed by atoms with van der Waals surface area (Å²) in [6, 6.07) is 0. The molecule has 0 aromatic heterocycles. The van der Waals surface area contributed by atoms with Crippen molar-refractivity contribution in [1.29, 1.82) is 0 Å². The minimum absolute atomic E-state index is 0.00806. The van der Waals surface area contributed by atoms with Crippen LogP contribution in [-0.4, -0.2) is 144 Å². The van der Waals surface area contributed by atoms with Crippen LogP contribution in [0.15, 0.2) is 0 Å². The molecule has 9 unspecified atom stereocenters. The van der Waals surface area contributed by atoms with Gasteiger partial charge in [0.15, 0.2) is 0 Å². The second kappa shape index (κ2) is 64.1. The highest BCUT2D eigenvalue weighted by molar-refractivity contribution is 5.73. The fourth-order valence-electron chi connectivity index (χ4n) is 9.08. The van der Waals surface area contributed by atoms with E-state index in [0.29, 0.717) is 24.7 Å². The maximum Gasteiger partial charge on any atom is 0.309 e. The Morgan fingerprint density at radius 2 is 0.621 bits per heavy atom. The summed E-state index contributed by atoms with van der Waals surface area (Å²) in [4.78, 5) is 68.5. The van der Waals surface area contributed by atoms with Crippen LogP contribution in [0.5, 0.6) is 0 Å². The first kappa shape index (κ1) is 94.7. The maximum atomic E-state index is 11.7. The van der Waals surface area contributed by atoms with Crippen LogP contribution in [0.25, 0.3) is 0 Å². The van der Waals surface area contributed by atoms with E-state index in [1.165, 1.54) is 25.7 Å². The Morgan fingerprint density at radius 1 is 0.345 bits per heavy atom. The Hall–Kier alpha value is -3.42. The van der Waals surface area contributed by atoms with Crippen LogP contribution in [-0.2, 0) is 57.2 Å². The second-order valence-corrected chi connectivity index (χ2v) is 25.8. The molecule has 18 heteroatoms. The van der Waals surface area contributed by atoms with E-state index in [1.807, 2.05) is 20.8 Å². The molecule has 0 saturated carbocycles. The van der Waals surface area contributed by atoms with Crippen LogP contribution in [0.2, 0.25) is 0 Å². The SMILES string of the molecule is CC(CC(=O)OCCO)CC(C)(C)C.CC(O)COC(=O)CC(C)CC(C)(C)C.CCCCC(CC)C(=O)OCC(C)O.CCCCC(CC)C(=O)OCCO.CCCCCC(CCC)C(=O)OCC(C)O.CCCCCC(CCC)C(=O)OCCO. The molecule has 0 bridgehead atoms. The van der Waals surface area contributed by atoms with E-state index in [2.05, 4.69) is 90.0 Å². The van der Waals surface area contributed by atoms with Crippen LogP contribution >= 0.6 is 0 Å². The van der Waals surface area contributed by atoms with Gasteiger partial charge >= 0.3 is 35.8 Å². The molecule has 0 radical (unpaired) electrons. The van der Waals surface area contributed by atoms with Crippen molar-refractivity contribution in [2.45, 2.75) is 304 Å². The molecule has 0 saturated heterocycles. The predicted octanol–water partition coefficient (Wildman–Crippen LogP) is 13.6. The fraction of sp³-hybridized carbons (Fsp3) is 0.913. The molecule has 0 aromatic rings. The molecule has 87 heavy (non-hydrogen) atoms. The molecule has 0 aromatic carbocycles. The third kappa shape index (κ3) is 73.2. The van der Waals surface area contributed by atoms with Crippen molar-refractivity contribution in [3.05, 3.63) is 0 Å². The van der Waals surface area contributed by atoms with Gasteiger partial charge in [-0.3, -0.25) is 28.8 Å². The third-order valence-electron chi connectivity index (χ3n) is 13.1. The average Bonchev–Trinajstić information content (AvgIpc) is 3.46. The lowest BCUT2D eigenvalue weighted by Crippen LogP contribution is -2.22. The number of carbonyl (C=O) groups excluding carboxylic acids is 6. The van der Waals surface area contributed by atoms with E-state index in [9.17, 15) is 28.8 Å². The van der Waals surface area contributed by atoms with E-state index in [0.717, 1.165) is 116 Å². The summed E-state index contributed by atoms with van der Waals surface area (Å²) in [6.07, 6.45) is 21.4. The van der Waals surface area contributed by atoms with Gasteiger partial charge in [-0.05, 0) is 108 Å². The zero-order valence-electron chi connectivity index (χ0n) is 59.1. The molecular formula is C69H138O18. The Kier molecular flexibility index (Phi) is 69.8. The highest BCUT2D eigenvalue weighted by Crippen LogP contribution is 2.27. The van der Waals surface area contributed by atoms with Crippen molar-refractivity contribution < 1.29 is 87.8 Å². The van der Waals surface area contributed by atoms with Crippen molar-refractivity contribution >= 4 is 35.8 Å². The monoisotopic (exact) mass is 1250 g/mol. The fourth-order valence-corrected chi connectivity index (χ4v) is 9.08. The molecule has 6 N–H and O–H groups in total. The van der Waals surface area contributed by atoms with Gasteiger partial charge in [-0.15, -0.1) is 0 Å². The minimum Gasteiger partial charge on any atom is -0.463 e. The molecule has 0 amide bonds. The van der Waals surface area contributed by atoms with Crippen molar-refractivity contribution in [3.63, 3.8) is 0 Å². The quantitative estimate of drug-likeness (QED) is 0.0188. The highest BCUT2D eigenvalue weighted by atomic mass is 16.6. The molecule has 9 atom stereocenters. The summed E-state index contributed by atoms with van der Waals surface area (Å²) in [5.41, 5.74) is 0.487. The Labute approximate surface area is 531 Å². The first-order valence-corrected chi connectivity index (χ1v) is 33.6. The maximum absolute atomic E-state index is 11.7. The van der Waals surface area contributed by atoms with E-state index in [1.54, 1.807) is 20.8 Å². The van der Waals surface area contributed by atoms with E-state index < -0.39 is 18.3 Å². The van der Waals surface area contributed by atoms with Crippen molar-refractivity contribution in [2.75, 3.05) is 59.5 Å². The first-order chi connectivity index (χ1) is 40.8. The van der Waals surface area contributed by atoms with E-state index in [-0.39, 0.29) is 130 Å². The number of aliphatic hydroxyl groups excluding tert-OH is 6. The van der Waals surface area contributed by atoms with E-state index >= 15 is 0 Å². The number of rotatable bonds is 42. The molecule has 0 aliphatic carbocycles. The summed E-state index contributed by atoms with van der Waals surface area (Å²) in [7, 11) is 0. The molecule has 0 fully saturated rings. The lowest BCUT2D eigenvalue weighted by Gasteiger charge is -2.22. The highest BCUT2D eigenvalue weighted by Gasteiger charge is 2.23. The molecule has 18 nitrogen and oxygen atoms in total. The standard InChI is InChI=1S/C13H26O3.2C12H24O3.2C11H22O3.C10H20O3/c1-4-6-7-9-12(8-5-2)13(15)16-10-11(3)14;1-9(7-12(3,4)5)6-11(14)15-8-10(2)13;1-3-5-6-8-11(7-4-2)12(14)15-10-9-13;1-9(8-11(2,3)4)7-10(13)14-6-5-12;1-4-6-7-10(5-2)11(13)14-8-9(3)12;1-3-5-6-9(4-2)10(12)13-8-7-11/h11-12,14H,4-10H2,1-3H3;9-10,13H,6-8H2,1-5H3;11,13H,3-10H2,1-2H3;9,12H,5-8H2,1-4H3;9-10,12H,4-8H2,1-3H3;9,11H,3-8H2,1-2H3. The summed E-state index contributed by atoms with van der Waals surface area (Å²) in [5.74, 6) is -0.285. The Balaban J connectivity index is -0.000000226. The molecule has 0 rings (SSSR count). The number of hydrogen-bond donors (Lipinski definition) is 6. The van der Waals surface area contributed by atoms with Crippen LogP contribution in [0.1, 0.15) is 286 Å². The van der Waals surface area contributed by atoms with Gasteiger partial charge in [-0.1, -0.05) is 188 Å². The molecule has 0 aliphatic rings. The molecule has 0 aliphatic heterocycles. The molecular weight excluding hydrogens is 1120 g/mol. The summed E-state index contributed by atoms with van der Waals surface area (Å²) in [5, 5.41) is 52.4. The van der Waals surface area contributed by atoms with Crippen molar-refractivity contribution in [2.24, 2.45) is 46.3 Å². The van der Waals surface area contributed by atoms with Gasteiger partial charge in [-0.2, -0.15) is 0 Å². The van der Waals surface area contributed by atoms with Crippen molar-refractivity contribution in [3.8, 4) is 0 Å². The Morgan fingerprint density at radius 3 is 0.908 bits per heavy atom. The van der Waals surface area contributed by atoms with Gasteiger partial charge in [-0.25, -0.2) is 0 Å². The van der Waals surface area contributed by atoms with Gasteiger partial charge < -0.3 is 59.1 Å². The third-order valence-corrected chi connectivity index (χ3v) is 13.1. The molecule has 522 valence electrons. The Bertz CT molecular complexity index is 1570. The van der Waals surface area contributed by atoms with Crippen molar-refractivity contribution in [1.82, 2.24) is 0 Å². The number of carbonyl (C=O) groups is 6. The number of hydrogen-bond acceptors (Lipinski definition) is 18. The summed E-state index contributed by atoms with van der Waals surface area (Å²) in [6.45, 7) is 38.9. The number of esters is 6. The lowest BCUT2D eigenvalue weighted by atomic mass is 9.84. The average molecular weight is 1260 g/mol. The zero-order valence-corrected chi connectivity index (χ0v) is 59.1. The summed E-state index contributed by atoms with van der Waals surface area (Å²) < 4.78 is 29.5. The van der Waals surface area contributed by atoms with Gasteiger partial charge in [0, 0.05) is 12.8 Å². The number of unbranched alkanes of at least 4 members (excludes halogenated alkanes) is 6. The predicted molar refractivity (Wildman–Crippen MR) is 349 cm³/mol. The topological polar surface area (TPSA) is 279 Å². The summed E-state index contributed by atoms with van der Waals surface area (Å²) >= 11 is 0. The normalized spacial score (nSPS) is 14.0. The number of ether oxygens (including phenoxy) is 6. The van der Waals surface area contributed by atoms with Crippen LogP contribution in [0.4, 0.5) is 0 Å². The van der Waals surface area contributed by atoms with Gasteiger partial charge in [0.25, 0.3) is 0 Å². The van der Waals surface area contributed by atoms with Crippen LogP contribution in [0, 0.1) is 46.3 Å². The zero-order chi connectivity index (χ0) is 68.2. The molecule has 0 spiro atoms. The lowest BCUT2D eigenvalue weighted by molar-refractivity contribution is -0.152. The van der Waals surface area contributed by atoms with Crippen LogP contribution < -0.4 is 0 Å². The van der Waals surface area contributed by atoms with Gasteiger partial charge in [0.1, 0.15) is 39.6 Å². The van der Waals surface area contributed by atoms with E-state index in [4.69, 9.17) is 59.1 Å². The largest absolute Gasteiger partial charge is 0.463 e. The number of aliphatic hydroxyl groups is 6. The first-order valence-electron chi connectivity index (χ1n) is 33.6. The van der Waals surface area contributed by atoms with Gasteiger partial charge in [0.2, 0.25) is 0 Å². The van der Waals surface area contributed by atoms with Gasteiger partial charge in [0.05, 0.1) is 61.8 Å². The molecule has 0 heterocycles.